The molecule has 4 rings (SSSR count). The van der Waals surface area contributed by atoms with Crippen LogP contribution in [0.4, 0.5) is 0 Å². The predicted molar refractivity (Wildman–Crippen MR) is 77.0 cm³/mol. The van der Waals surface area contributed by atoms with E-state index in [1.165, 1.54) is 4.68 Å². The lowest BCUT2D eigenvalue weighted by atomic mass is 10.3. The smallest absolute Gasteiger partial charge is 0.325 e. The minimum Gasteiger partial charge on any atom is -0.538 e. The molecule has 0 radical (unpaired) electrons. The first kappa shape index (κ1) is 13.3. The minimum atomic E-state index is -0.618. The van der Waals surface area contributed by atoms with E-state index in [2.05, 4.69) is 10.3 Å². The van der Waals surface area contributed by atoms with Crippen molar-refractivity contribution in [3.05, 3.63) is 48.5 Å². The third-order valence-corrected chi connectivity index (χ3v) is 3.42. The van der Waals surface area contributed by atoms with Crippen molar-refractivity contribution in [1.29, 1.82) is 0 Å². The van der Waals surface area contributed by atoms with Crippen molar-refractivity contribution in [1.82, 2.24) is 10.3 Å². The third kappa shape index (κ3) is 2.18. The Bertz CT molecular complexity index is 940. The Hall–Kier alpha value is -3.35. The second kappa shape index (κ2) is 5.13. The van der Waals surface area contributed by atoms with E-state index in [0.29, 0.717) is 22.5 Å². The highest BCUT2D eigenvalue weighted by molar-refractivity contribution is 5.75. The number of nitrogens with zero attached hydrogens (tertiary/aromatic N) is 3. The van der Waals surface area contributed by atoms with E-state index >= 15 is 0 Å². The Kier molecular flexibility index (Phi) is 2.97. The summed E-state index contributed by atoms with van der Waals surface area (Å²) < 4.78 is 16.9. The minimum absolute atomic E-state index is 0.131. The van der Waals surface area contributed by atoms with Crippen LogP contribution in [0.2, 0.25) is 0 Å². The predicted octanol–water partition coefficient (Wildman–Crippen LogP) is 1.84. The molecule has 0 saturated carbocycles. The van der Waals surface area contributed by atoms with Crippen LogP contribution in [0.5, 0.6) is 11.7 Å². The summed E-state index contributed by atoms with van der Waals surface area (Å²) >= 11 is 0. The van der Waals surface area contributed by atoms with Crippen LogP contribution in [0, 0.1) is 0 Å². The van der Waals surface area contributed by atoms with E-state index in [1.54, 1.807) is 43.5 Å². The van der Waals surface area contributed by atoms with E-state index in [4.69, 9.17) is 13.7 Å². The Morgan fingerprint density at radius 3 is 2.61 bits per heavy atom. The maximum Gasteiger partial charge on any atom is 0.325 e. The molecule has 0 unspecified atom stereocenters. The number of ether oxygens (including phenoxy) is 1. The second-order valence-electron chi connectivity index (χ2n) is 4.81. The molecule has 0 N–H and O–H groups in total. The van der Waals surface area contributed by atoms with Crippen LogP contribution in [-0.2, 0) is 0 Å². The third-order valence-electron chi connectivity index (χ3n) is 3.42. The number of oxazole rings is 1. The van der Waals surface area contributed by atoms with Gasteiger partial charge in [-0.1, -0.05) is 12.1 Å². The molecule has 0 fully saturated rings. The maximum atomic E-state index is 12.0. The zero-order valence-electron chi connectivity index (χ0n) is 12.1. The molecule has 0 saturated heterocycles. The molecule has 2 aromatic carbocycles. The monoisotopic (exact) mass is 309 g/mol. The Morgan fingerprint density at radius 2 is 1.87 bits per heavy atom. The number of fused-ring (bicyclic) bond motifs is 1. The number of aromatic nitrogens is 3. The van der Waals surface area contributed by atoms with Gasteiger partial charge in [0.15, 0.2) is 11.5 Å². The van der Waals surface area contributed by atoms with Gasteiger partial charge in [-0.05, 0) is 28.9 Å². The lowest BCUT2D eigenvalue weighted by molar-refractivity contribution is -0.660. The van der Waals surface area contributed by atoms with Gasteiger partial charge in [0, 0.05) is 12.1 Å². The summed E-state index contributed by atoms with van der Waals surface area (Å²) in [6, 6.07) is 14.3. The molecule has 0 aliphatic heterocycles. The van der Waals surface area contributed by atoms with Crippen molar-refractivity contribution in [2.45, 2.75) is 0 Å². The molecule has 7 heteroatoms. The maximum absolute atomic E-state index is 12.0. The second-order valence-corrected chi connectivity index (χ2v) is 4.81. The van der Waals surface area contributed by atoms with Gasteiger partial charge in [0.1, 0.15) is 11.3 Å². The first-order chi connectivity index (χ1) is 11.3. The average molecular weight is 309 g/mol. The molecule has 0 atom stereocenters. The number of para-hydroxylation sites is 2. The van der Waals surface area contributed by atoms with Gasteiger partial charge in [-0.3, -0.25) is 0 Å². The SMILES string of the molecule is COc1ccc(-[n+]2noc([O-])c2-c2nc3ccccc3o2)cc1. The van der Waals surface area contributed by atoms with Crippen molar-refractivity contribution in [3.63, 3.8) is 0 Å². The summed E-state index contributed by atoms with van der Waals surface area (Å²) in [6.07, 6.45) is 0. The van der Waals surface area contributed by atoms with Crippen LogP contribution in [0.15, 0.2) is 57.5 Å². The molecule has 0 amide bonds. The van der Waals surface area contributed by atoms with Gasteiger partial charge < -0.3 is 18.8 Å². The number of hydrogen-bond donors (Lipinski definition) is 0. The van der Waals surface area contributed by atoms with Crippen LogP contribution in [-0.4, -0.2) is 17.4 Å². The Morgan fingerprint density at radius 1 is 1.09 bits per heavy atom. The molecule has 0 aliphatic rings. The first-order valence-corrected chi connectivity index (χ1v) is 6.85. The van der Waals surface area contributed by atoms with Gasteiger partial charge in [0.05, 0.1) is 12.4 Å². The fourth-order valence-corrected chi connectivity index (χ4v) is 2.30. The molecule has 2 aromatic heterocycles. The topological polar surface area (TPSA) is 88.2 Å². The molecule has 4 aromatic rings. The van der Waals surface area contributed by atoms with E-state index < -0.39 is 5.95 Å². The van der Waals surface area contributed by atoms with Gasteiger partial charge in [-0.25, -0.2) is 4.98 Å². The molecule has 0 bridgehead atoms. The summed E-state index contributed by atoms with van der Waals surface area (Å²) in [5.41, 5.74) is 2.01. The molecule has 114 valence electrons. The van der Waals surface area contributed by atoms with Crippen LogP contribution in [0.25, 0.3) is 28.4 Å². The largest absolute Gasteiger partial charge is 0.538 e. The normalized spacial score (nSPS) is 11.0. The lowest BCUT2D eigenvalue weighted by Crippen LogP contribution is -2.34. The lowest BCUT2D eigenvalue weighted by Gasteiger charge is -1.98. The summed E-state index contributed by atoms with van der Waals surface area (Å²) in [4.78, 5) is 4.32. The summed E-state index contributed by atoms with van der Waals surface area (Å²) in [5, 5.41) is 15.8. The molecular weight excluding hydrogens is 298 g/mol. The van der Waals surface area contributed by atoms with E-state index in [1.807, 2.05) is 12.1 Å². The number of methoxy groups -OCH3 is 1. The summed E-state index contributed by atoms with van der Waals surface area (Å²) in [7, 11) is 1.58. The van der Waals surface area contributed by atoms with Crippen molar-refractivity contribution in [3.8, 4) is 29.0 Å². The van der Waals surface area contributed by atoms with Crippen LogP contribution in [0.3, 0.4) is 0 Å². The summed E-state index contributed by atoms with van der Waals surface area (Å²) in [5.74, 6) is 0.240. The quantitative estimate of drug-likeness (QED) is 0.537. The number of benzene rings is 2. The first-order valence-electron chi connectivity index (χ1n) is 6.85. The molecule has 2 heterocycles. The summed E-state index contributed by atoms with van der Waals surface area (Å²) in [6.45, 7) is 0. The zero-order chi connectivity index (χ0) is 15.8. The van der Waals surface area contributed by atoms with Crippen molar-refractivity contribution < 1.29 is 23.5 Å². The standard InChI is InChI=1S/C16H11N3O4/c1-21-11-8-6-10(7-9-11)19-14(16(20)23-18-19)15-17-12-4-2-3-5-13(12)22-15/h2-9H,1H3. The van der Waals surface area contributed by atoms with Gasteiger partial charge in [0.2, 0.25) is 5.69 Å². The van der Waals surface area contributed by atoms with E-state index in [9.17, 15) is 5.11 Å². The van der Waals surface area contributed by atoms with E-state index in [-0.39, 0.29) is 11.6 Å². The zero-order valence-corrected chi connectivity index (χ0v) is 12.1. The Balaban J connectivity index is 1.86. The highest BCUT2D eigenvalue weighted by Gasteiger charge is 2.27. The molecule has 23 heavy (non-hydrogen) atoms. The fourth-order valence-electron chi connectivity index (χ4n) is 2.30. The van der Waals surface area contributed by atoms with Gasteiger partial charge in [0.25, 0.3) is 5.89 Å². The average Bonchev–Trinajstić information content (AvgIpc) is 3.17. The molecular formula is C16H11N3O4. The molecule has 7 nitrogen and oxygen atoms in total. The van der Waals surface area contributed by atoms with Crippen LogP contribution >= 0.6 is 0 Å². The highest BCUT2D eigenvalue weighted by Crippen LogP contribution is 2.27. The Labute approximate surface area is 130 Å². The van der Waals surface area contributed by atoms with Crippen molar-refractivity contribution >= 4 is 11.1 Å². The molecule has 0 aliphatic carbocycles. The van der Waals surface area contributed by atoms with Crippen LogP contribution < -0.4 is 14.5 Å². The van der Waals surface area contributed by atoms with Gasteiger partial charge in [-0.2, -0.15) is 0 Å². The van der Waals surface area contributed by atoms with E-state index in [0.717, 1.165) is 0 Å². The molecule has 0 spiro atoms. The van der Waals surface area contributed by atoms with Crippen molar-refractivity contribution in [2.24, 2.45) is 0 Å². The van der Waals surface area contributed by atoms with Crippen LogP contribution in [0.1, 0.15) is 0 Å². The highest BCUT2D eigenvalue weighted by atomic mass is 16.6. The number of rotatable bonds is 3. The van der Waals surface area contributed by atoms with Crippen molar-refractivity contribution in [2.75, 3.05) is 7.11 Å². The fraction of sp³-hybridized carbons (Fsp3) is 0.0625. The number of hydrogen-bond acceptors (Lipinski definition) is 6. The van der Waals surface area contributed by atoms with Gasteiger partial charge in [-0.15, -0.1) is 0 Å². The van der Waals surface area contributed by atoms with Gasteiger partial charge >= 0.3 is 5.69 Å².